The third kappa shape index (κ3) is 2.84. The summed E-state index contributed by atoms with van der Waals surface area (Å²) in [5, 5.41) is 3.59. The first-order valence-corrected chi connectivity index (χ1v) is 9.65. The average Bonchev–Trinajstić information content (AvgIpc) is 2.79. The van der Waals surface area contributed by atoms with Crippen LogP contribution in [0.4, 0.5) is 0 Å². The third-order valence-electron chi connectivity index (χ3n) is 4.11. The lowest BCUT2D eigenvalue weighted by atomic mass is 9.90. The highest BCUT2D eigenvalue weighted by molar-refractivity contribution is 7.91. The Labute approximate surface area is 123 Å². The number of halogens is 1. The standard InChI is InChI=1S/C13H18ClNO2S2/c1-13(5-6-19(16,17)8-13)15-10-3-2-4-11-9(10)7-12(14)18-11/h7,10,15H,2-6,8H2,1H3. The molecule has 1 fully saturated rings. The van der Waals surface area contributed by atoms with Crippen LogP contribution in [0.25, 0.3) is 0 Å². The summed E-state index contributed by atoms with van der Waals surface area (Å²) in [6.45, 7) is 2.03. The first kappa shape index (κ1) is 13.9. The Kier molecular flexibility index (Phi) is 3.45. The van der Waals surface area contributed by atoms with E-state index in [1.807, 2.05) is 13.0 Å². The maximum atomic E-state index is 11.7. The summed E-state index contributed by atoms with van der Waals surface area (Å²) < 4.78 is 24.2. The van der Waals surface area contributed by atoms with Crippen LogP contribution < -0.4 is 5.32 Å². The van der Waals surface area contributed by atoms with Gasteiger partial charge in [-0.2, -0.15) is 0 Å². The molecule has 1 N–H and O–H groups in total. The van der Waals surface area contributed by atoms with Crippen LogP contribution >= 0.6 is 22.9 Å². The van der Waals surface area contributed by atoms with Crippen LogP contribution in [0.2, 0.25) is 4.34 Å². The topological polar surface area (TPSA) is 46.2 Å². The van der Waals surface area contributed by atoms with Crippen molar-refractivity contribution >= 4 is 32.8 Å². The van der Waals surface area contributed by atoms with Crippen molar-refractivity contribution in [2.24, 2.45) is 0 Å². The lowest BCUT2D eigenvalue weighted by Gasteiger charge is -2.33. The van der Waals surface area contributed by atoms with Gasteiger partial charge in [0.2, 0.25) is 0 Å². The zero-order chi connectivity index (χ0) is 13.7. The van der Waals surface area contributed by atoms with Crippen molar-refractivity contribution < 1.29 is 8.42 Å². The molecule has 0 saturated carbocycles. The van der Waals surface area contributed by atoms with Crippen LogP contribution in [-0.4, -0.2) is 25.5 Å². The van der Waals surface area contributed by atoms with E-state index in [0.29, 0.717) is 12.2 Å². The van der Waals surface area contributed by atoms with Crippen LogP contribution in [0.15, 0.2) is 6.07 Å². The van der Waals surface area contributed by atoms with Crippen molar-refractivity contribution in [2.45, 2.75) is 44.2 Å². The number of hydrogen-bond acceptors (Lipinski definition) is 4. The van der Waals surface area contributed by atoms with Gasteiger partial charge < -0.3 is 5.32 Å². The second-order valence-electron chi connectivity index (χ2n) is 5.92. The van der Waals surface area contributed by atoms with Crippen LogP contribution in [0.1, 0.15) is 42.7 Å². The van der Waals surface area contributed by atoms with Crippen LogP contribution in [0.3, 0.4) is 0 Å². The van der Waals surface area contributed by atoms with Gasteiger partial charge in [-0.25, -0.2) is 8.42 Å². The molecule has 2 unspecified atom stereocenters. The Morgan fingerprint density at radius 2 is 2.32 bits per heavy atom. The molecule has 0 bridgehead atoms. The highest BCUT2D eigenvalue weighted by Crippen LogP contribution is 2.39. The summed E-state index contributed by atoms with van der Waals surface area (Å²) in [4.78, 5) is 1.36. The molecule has 0 amide bonds. The maximum Gasteiger partial charge on any atom is 0.152 e. The summed E-state index contributed by atoms with van der Waals surface area (Å²) in [6, 6.07) is 2.30. The van der Waals surface area contributed by atoms with Crippen molar-refractivity contribution in [2.75, 3.05) is 11.5 Å². The smallest absolute Gasteiger partial charge is 0.152 e. The number of aryl methyl sites for hydroxylation is 1. The molecular formula is C13H18ClNO2S2. The molecule has 1 saturated heterocycles. The summed E-state index contributed by atoms with van der Waals surface area (Å²) >= 11 is 7.77. The normalized spacial score (nSPS) is 33.3. The van der Waals surface area contributed by atoms with E-state index in [1.54, 1.807) is 11.3 Å². The van der Waals surface area contributed by atoms with Gasteiger partial charge in [0.15, 0.2) is 9.84 Å². The highest BCUT2D eigenvalue weighted by Gasteiger charge is 2.40. The van der Waals surface area contributed by atoms with E-state index in [-0.39, 0.29) is 17.3 Å². The number of rotatable bonds is 2. The van der Waals surface area contributed by atoms with E-state index in [1.165, 1.54) is 10.4 Å². The summed E-state index contributed by atoms with van der Waals surface area (Å²) in [5.41, 5.74) is 0.999. The zero-order valence-corrected chi connectivity index (χ0v) is 13.3. The Balaban J connectivity index is 1.82. The monoisotopic (exact) mass is 319 g/mol. The van der Waals surface area contributed by atoms with Gasteiger partial charge in [-0.3, -0.25) is 0 Å². The second kappa shape index (κ2) is 4.72. The molecule has 19 heavy (non-hydrogen) atoms. The van der Waals surface area contributed by atoms with Crippen LogP contribution in [0.5, 0.6) is 0 Å². The fourth-order valence-electron chi connectivity index (χ4n) is 3.22. The number of fused-ring (bicyclic) bond motifs is 1. The molecule has 6 heteroatoms. The van der Waals surface area contributed by atoms with E-state index >= 15 is 0 Å². The molecule has 2 heterocycles. The summed E-state index contributed by atoms with van der Waals surface area (Å²) in [7, 11) is -2.86. The number of hydrogen-bond donors (Lipinski definition) is 1. The van der Waals surface area contributed by atoms with E-state index in [0.717, 1.165) is 23.6 Å². The fourth-order valence-corrected chi connectivity index (χ4v) is 6.70. The molecule has 3 nitrogen and oxygen atoms in total. The number of nitrogens with one attached hydrogen (secondary N) is 1. The molecular weight excluding hydrogens is 302 g/mol. The molecule has 0 radical (unpaired) electrons. The summed E-state index contributed by atoms with van der Waals surface area (Å²) in [6.07, 6.45) is 4.01. The second-order valence-corrected chi connectivity index (χ2v) is 9.87. The van der Waals surface area contributed by atoms with Gasteiger partial charge in [0.25, 0.3) is 0 Å². The minimum Gasteiger partial charge on any atom is -0.304 e. The van der Waals surface area contributed by atoms with Gasteiger partial charge in [-0.15, -0.1) is 11.3 Å². The first-order chi connectivity index (χ1) is 8.87. The minimum absolute atomic E-state index is 0.254. The molecule has 3 rings (SSSR count). The Bertz CT molecular complexity index is 596. The van der Waals surface area contributed by atoms with Crippen molar-refractivity contribution in [3.05, 3.63) is 20.8 Å². The lowest BCUT2D eigenvalue weighted by molar-refractivity contribution is 0.321. The molecule has 0 spiro atoms. The summed E-state index contributed by atoms with van der Waals surface area (Å²) in [5.74, 6) is 0.560. The molecule has 1 aromatic heterocycles. The Hall–Kier alpha value is -0.100. The number of thiophene rings is 1. The minimum atomic E-state index is -2.86. The highest BCUT2D eigenvalue weighted by atomic mass is 35.5. The van der Waals surface area contributed by atoms with E-state index < -0.39 is 9.84 Å². The van der Waals surface area contributed by atoms with Crippen molar-refractivity contribution in [3.8, 4) is 0 Å². The predicted octanol–water partition coefficient (Wildman–Crippen LogP) is 2.95. The van der Waals surface area contributed by atoms with Crippen LogP contribution in [-0.2, 0) is 16.3 Å². The predicted molar refractivity (Wildman–Crippen MR) is 79.8 cm³/mol. The van der Waals surface area contributed by atoms with E-state index in [2.05, 4.69) is 5.32 Å². The van der Waals surface area contributed by atoms with Crippen molar-refractivity contribution in [3.63, 3.8) is 0 Å². The number of sulfone groups is 1. The van der Waals surface area contributed by atoms with Gasteiger partial charge in [-0.05, 0) is 44.2 Å². The van der Waals surface area contributed by atoms with Crippen molar-refractivity contribution in [1.29, 1.82) is 0 Å². The van der Waals surface area contributed by atoms with Gasteiger partial charge in [0.1, 0.15) is 0 Å². The maximum absolute atomic E-state index is 11.7. The van der Waals surface area contributed by atoms with E-state index in [4.69, 9.17) is 11.6 Å². The molecule has 1 aromatic rings. The Morgan fingerprint density at radius 3 is 3.00 bits per heavy atom. The molecule has 0 aromatic carbocycles. The zero-order valence-electron chi connectivity index (χ0n) is 10.9. The van der Waals surface area contributed by atoms with Gasteiger partial charge in [-0.1, -0.05) is 11.6 Å². The molecule has 2 aliphatic rings. The first-order valence-electron chi connectivity index (χ1n) is 6.63. The van der Waals surface area contributed by atoms with Gasteiger partial charge >= 0.3 is 0 Å². The molecule has 1 aliphatic heterocycles. The molecule has 1 aliphatic carbocycles. The van der Waals surface area contributed by atoms with Crippen molar-refractivity contribution in [1.82, 2.24) is 5.32 Å². The largest absolute Gasteiger partial charge is 0.304 e. The SMILES string of the molecule is CC1(NC2CCCc3sc(Cl)cc32)CCS(=O)(=O)C1. The molecule has 2 atom stereocenters. The van der Waals surface area contributed by atoms with Gasteiger partial charge in [0, 0.05) is 16.5 Å². The molecule has 106 valence electrons. The lowest BCUT2D eigenvalue weighted by Crippen LogP contribution is -2.46. The van der Waals surface area contributed by atoms with Gasteiger partial charge in [0.05, 0.1) is 15.8 Å². The quantitative estimate of drug-likeness (QED) is 0.911. The Morgan fingerprint density at radius 1 is 1.53 bits per heavy atom. The van der Waals surface area contributed by atoms with Crippen LogP contribution in [0, 0.1) is 0 Å². The fraction of sp³-hybridized carbons (Fsp3) is 0.692. The van der Waals surface area contributed by atoms with E-state index in [9.17, 15) is 8.42 Å². The average molecular weight is 320 g/mol. The third-order valence-corrected chi connectivity index (χ3v) is 7.35.